The minimum absolute atomic E-state index is 0.0890. The Kier molecular flexibility index (Phi) is 4.19. The highest BCUT2D eigenvalue weighted by Gasteiger charge is 2.27. The van der Waals surface area contributed by atoms with Crippen molar-refractivity contribution in [3.63, 3.8) is 0 Å². The number of carbonyl (C=O) groups excluding carboxylic acids is 2. The maximum absolute atomic E-state index is 13.0. The number of nitrogens with zero attached hydrogens (tertiary/aromatic N) is 3. The van der Waals surface area contributed by atoms with E-state index < -0.39 is 5.91 Å². The lowest BCUT2D eigenvalue weighted by molar-refractivity contribution is 0.0729. The van der Waals surface area contributed by atoms with E-state index >= 15 is 0 Å². The van der Waals surface area contributed by atoms with Gasteiger partial charge in [0.25, 0.3) is 11.8 Å². The van der Waals surface area contributed by atoms with Crippen LogP contribution in [0.2, 0.25) is 0 Å². The first-order valence-electron chi connectivity index (χ1n) is 8.55. The molecule has 0 fully saturated rings. The smallest absolute Gasteiger partial charge is 0.286 e. The van der Waals surface area contributed by atoms with Crippen LogP contribution in [0, 0.1) is 13.1 Å². The third-order valence-electron chi connectivity index (χ3n) is 4.57. The zero-order valence-corrected chi connectivity index (χ0v) is 14.7. The van der Waals surface area contributed by atoms with Gasteiger partial charge in [0, 0.05) is 17.7 Å². The van der Waals surface area contributed by atoms with E-state index in [1.165, 1.54) is 0 Å². The molecule has 0 atom stereocenters. The lowest BCUT2D eigenvalue weighted by Crippen LogP contribution is -2.37. The Balaban J connectivity index is 1.60. The summed E-state index contributed by atoms with van der Waals surface area (Å²) in [6, 6.07) is 11.4. The van der Waals surface area contributed by atoms with E-state index in [4.69, 9.17) is 10.2 Å². The van der Waals surface area contributed by atoms with Crippen LogP contribution < -0.4 is 5.73 Å². The summed E-state index contributed by atoms with van der Waals surface area (Å²) in [5.74, 6) is 0.283. The predicted molar refractivity (Wildman–Crippen MR) is 96.7 cm³/mol. The highest BCUT2D eigenvalue weighted by molar-refractivity contribution is 5.96. The zero-order valence-electron chi connectivity index (χ0n) is 14.7. The number of hydrogen-bond acceptors (Lipinski definition) is 5. The first-order chi connectivity index (χ1) is 13.0. The summed E-state index contributed by atoms with van der Waals surface area (Å²) >= 11 is 0. The van der Waals surface area contributed by atoms with Crippen molar-refractivity contribution in [1.82, 2.24) is 14.9 Å². The van der Waals surface area contributed by atoms with Crippen molar-refractivity contribution in [2.45, 2.75) is 19.9 Å². The molecule has 1 aliphatic rings. The molecule has 3 aromatic rings. The molecule has 0 spiro atoms. The van der Waals surface area contributed by atoms with E-state index in [2.05, 4.69) is 16.2 Å². The molecule has 135 valence electrons. The molecular formula is C20H17N4O3. The number of amides is 2. The van der Waals surface area contributed by atoms with E-state index in [-0.39, 0.29) is 18.3 Å². The van der Waals surface area contributed by atoms with Crippen LogP contribution in [-0.4, -0.2) is 33.2 Å². The molecular weight excluding hydrogens is 344 g/mol. The molecule has 0 bridgehead atoms. The van der Waals surface area contributed by atoms with Crippen molar-refractivity contribution < 1.29 is 14.0 Å². The maximum Gasteiger partial charge on any atom is 0.286 e. The van der Waals surface area contributed by atoms with Crippen LogP contribution in [-0.2, 0) is 13.0 Å². The molecule has 2 amide bonds. The molecule has 4 rings (SSSR count). The van der Waals surface area contributed by atoms with E-state index in [1.807, 2.05) is 30.3 Å². The summed E-state index contributed by atoms with van der Waals surface area (Å²) in [5.41, 5.74) is 8.07. The van der Waals surface area contributed by atoms with Crippen molar-refractivity contribution in [3.05, 3.63) is 71.0 Å². The number of rotatable bonds is 3. The Morgan fingerprint density at radius 3 is 2.78 bits per heavy atom. The van der Waals surface area contributed by atoms with Crippen molar-refractivity contribution in [2.75, 3.05) is 6.54 Å². The third-order valence-corrected chi connectivity index (χ3v) is 4.57. The second-order valence-corrected chi connectivity index (χ2v) is 6.37. The SMILES string of the molecule is Cc1oc(-c2ccccc2)cc1C(=O)N1CCc2[c]nc(C(N)=O)nc2C1. The van der Waals surface area contributed by atoms with Crippen molar-refractivity contribution in [3.8, 4) is 11.3 Å². The van der Waals surface area contributed by atoms with Gasteiger partial charge < -0.3 is 15.1 Å². The average molecular weight is 361 g/mol. The van der Waals surface area contributed by atoms with Gasteiger partial charge in [0.2, 0.25) is 5.82 Å². The molecule has 3 heterocycles. The number of aromatic nitrogens is 2. The van der Waals surface area contributed by atoms with Gasteiger partial charge in [0.1, 0.15) is 11.5 Å². The number of fused-ring (bicyclic) bond motifs is 1. The molecule has 1 aromatic carbocycles. The largest absolute Gasteiger partial charge is 0.461 e. The summed E-state index contributed by atoms with van der Waals surface area (Å²) in [6.07, 6.45) is 3.38. The second kappa shape index (κ2) is 6.68. The first kappa shape index (κ1) is 17.0. The Labute approximate surface area is 155 Å². The minimum Gasteiger partial charge on any atom is -0.461 e. The van der Waals surface area contributed by atoms with Crippen LogP contribution in [0.25, 0.3) is 11.3 Å². The molecule has 2 N–H and O–H groups in total. The van der Waals surface area contributed by atoms with E-state index in [1.54, 1.807) is 17.9 Å². The Morgan fingerprint density at radius 1 is 1.26 bits per heavy atom. The molecule has 0 saturated carbocycles. The zero-order chi connectivity index (χ0) is 19.0. The fraction of sp³-hybridized carbons (Fsp3) is 0.200. The topological polar surface area (TPSA) is 102 Å². The van der Waals surface area contributed by atoms with Gasteiger partial charge >= 0.3 is 0 Å². The summed E-state index contributed by atoms with van der Waals surface area (Å²) in [7, 11) is 0. The molecule has 1 radical (unpaired) electrons. The fourth-order valence-electron chi connectivity index (χ4n) is 3.14. The quantitative estimate of drug-likeness (QED) is 0.770. The number of nitrogens with two attached hydrogens (primary N) is 1. The molecule has 0 aliphatic carbocycles. The average Bonchev–Trinajstić information content (AvgIpc) is 3.09. The standard InChI is InChI=1S/C20H17N4O3/c1-12-15(9-17(27-12)13-5-3-2-4-6-13)20(26)24-8-7-14-10-22-19(18(21)25)23-16(14)11-24/h2-6,9H,7-8,11H2,1H3,(H2,21,25). The van der Waals surface area contributed by atoms with Crippen molar-refractivity contribution in [2.24, 2.45) is 5.73 Å². The van der Waals surface area contributed by atoms with Gasteiger partial charge in [-0.2, -0.15) is 0 Å². The van der Waals surface area contributed by atoms with E-state index in [0.29, 0.717) is 35.7 Å². The normalized spacial score (nSPS) is 13.3. The van der Waals surface area contributed by atoms with E-state index in [0.717, 1.165) is 11.1 Å². The van der Waals surface area contributed by atoms with E-state index in [9.17, 15) is 9.59 Å². The molecule has 0 saturated heterocycles. The number of primary amides is 1. The van der Waals surface area contributed by atoms with Crippen molar-refractivity contribution >= 4 is 11.8 Å². The van der Waals surface area contributed by atoms with Gasteiger partial charge in [0.15, 0.2) is 0 Å². The van der Waals surface area contributed by atoms with Crippen LogP contribution in [0.1, 0.15) is 38.0 Å². The first-order valence-corrected chi connectivity index (χ1v) is 8.55. The Bertz CT molecular complexity index is 1030. The highest BCUT2D eigenvalue weighted by Crippen LogP contribution is 2.27. The summed E-state index contributed by atoms with van der Waals surface area (Å²) in [5, 5.41) is 0. The number of aryl methyl sites for hydroxylation is 1. The second-order valence-electron chi connectivity index (χ2n) is 6.37. The van der Waals surface area contributed by atoms with Gasteiger partial charge in [-0.25, -0.2) is 9.97 Å². The molecule has 2 aromatic heterocycles. The highest BCUT2D eigenvalue weighted by atomic mass is 16.3. The van der Waals surface area contributed by atoms with Crippen LogP contribution in [0.3, 0.4) is 0 Å². The lowest BCUT2D eigenvalue weighted by Gasteiger charge is -2.27. The van der Waals surface area contributed by atoms with Gasteiger partial charge in [-0.15, -0.1) is 0 Å². The molecule has 7 heteroatoms. The molecule has 0 unspecified atom stereocenters. The number of carbonyl (C=O) groups is 2. The van der Waals surface area contributed by atoms with Crippen molar-refractivity contribution in [1.29, 1.82) is 0 Å². The van der Waals surface area contributed by atoms with Crippen LogP contribution >= 0.6 is 0 Å². The van der Waals surface area contributed by atoms with Gasteiger partial charge in [-0.1, -0.05) is 30.3 Å². The minimum atomic E-state index is -0.712. The van der Waals surface area contributed by atoms with Crippen LogP contribution in [0.4, 0.5) is 0 Å². The molecule has 27 heavy (non-hydrogen) atoms. The lowest BCUT2D eigenvalue weighted by atomic mass is 10.1. The van der Waals surface area contributed by atoms with Gasteiger partial charge in [0.05, 0.1) is 24.0 Å². The molecule has 1 aliphatic heterocycles. The predicted octanol–water partition coefficient (Wildman–Crippen LogP) is 2.14. The monoisotopic (exact) mass is 361 g/mol. The maximum atomic E-state index is 13.0. The van der Waals surface area contributed by atoms with Crippen LogP contribution in [0.5, 0.6) is 0 Å². The summed E-state index contributed by atoms with van der Waals surface area (Å²) in [4.78, 5) is 34.0. The number of benzene rings is 1. The summed E-state index contributed by atoms with van der Waals surface area (Å²) < 4.78 is 5.79. The Hall–Kier alpha value is -3.48. The number of hydrogen-bond donors (Lipinski definition) is 1. The fourth-order valence-corrected chi connectivity index (χ4v) is 3.14. The van der Waals surface area contributed by atoms with Gasteiger partial charge in [-0.05, 0) is 19.4 Å². The molecule has 7 nitrogen and oxygen atoms in total. The van der Waals surface area contributed by atoms with Crippen LogP contribution in [0.15, 0.2) is 40.8 Å². The number of furan rings is 1. The Morgan fingerprint density at radius 2 is 2.04 bits per heavy atom. The summed E-state index contributed by atoms with van der Waals surface area (Å²) in [6.45, 7) is 2.57. The van der Waals surface area contributed by atoms with Gasteiger partial charge in [-0.3, -0.25) is 9.59 Å². The third kappa shape index (κ3) is 3.19.